The molecule has 3 saturated heterocycles. The number of carbonyl (C=O) groups excluding carboxylic acids is 1. The molecule has 2 aromatic carbocycles. The van der Waals surface area contributed by atoms with Gasteiger partial charge in [-0.25, -0.2) is 0 Å². The van der Waals surface area contributed by atoms with Crippen LogP contribution in [0, 0.1) is 5.92 Å². The van der Waals surface area contributed by atoms with E-state index in [0.717, 1.165) is 73.8 Å². The molecular weight excluding hydrogens is 486 g/mol. The Balaban J connectivity index is 0.00000280. The van der Waals surface area contributed by atoms with Gasteiger partial charge in [0.2, 0.25) is 5.89 Å². The van der Waals surface area contributed by atoms with Gasteiger partial charge in [0.15, 0.2) is 12.6 Å². The molecule has 2 bridgehead atoms. The summed E-state index contributed by atoms with van der Waals surface area (Å²) in [5.41, 5.74) is 1.56. The molecule has 7 heteroatoms. The Hall–Kier alpha value is -2.70. The summed E-state index contributed by atoms with van der Waals surface area (Å²) in [6.45, 7) is 3.69. The normalized spacial score (nSPS) is 26.6. The summed E-state index contributed by atoms with van der Waals surface area (Å²) < 4.78 is 13.4. The fraction of sp³-hybridized carbons (Fsp3) is 0.500. The van der Waals surface area contributed by atoms with E-state index in [9.17, 15) is 4.79 Å². The van der Waals surface area contributed by atoms with E-state index in [1.54, 1.807) is 0 Å². The monoisotopic (exact) mass is 522 g/mol. The maximum absolute atomic E-state index is 14.0. The number of piperidine rings is 3. The highest BCUT2D eigenvalue weighted by molar-refractivity contribution is 5.85. The van der Waals surface area contributed by atoms with Gasteiger partial charge in [-0.3, -0.25) is 4.79 Å². The molecule has 0 amide bonds. The highest BCUT2D eigenvalue weighted by Crippen LogP contribution is 2.42. The molecule has 3 aromatic rings. The van der Waals surface area contributed by atoms with Crippen molar-refractivity contribution >= 4 is 18.4 Å². The van der Waals surface area contributed by atoms with Crippen LogP contribution >= 0.6 is 12.4 Å². The first-order valence-electron chi connectivity index (χ1n) is 13.7. The van der Waals surface area contributed by atoms with Gasteiger partial charge < -0.3 is 13.6 Å². The van der Waals surface area contributed by atoms with Gasteiger partial charge >= 0.3 is 5.97 Å². The van der Waals surface area contributed by atoms with Crippen LogP contribution in [0.15, 0.2) is 65.1 Å². The van der Waals surface area contributed by atoms with Crippen LogP contribution in [0.2, 0.25) is 0 Å². The van der Waals surface area contributed by atoms with Crippen molar-refractivity contribution in [2.24, 2.45) is 5.92 Å². The summed E-state index contributed by atoms with van der Waals surface area (Å²) in [7, 11) is 0. The van der Waals surface area contributed by atoms with E-state index in [-0.39, 0.29) is 24.5 Å². The molecule has 0 N–H and O–H groups in total. The number of rotatable bonds is 6. The predicted molar refractivity (Wildman–Crippen MR) is 144 cm³/mol. The van der Waals surface area contributed by atoms with Gasteiger partial charge in [0.1, 0.15) is 6.54 Å². The quantitative estimate of drug-likeness (QED) is 0.222. The second kappa shape index (κ2) is 11.0. The number of hydrogen-bond acceptors (Lipinski definition) is 5. The number of carbonyl (C=O) groups is 1. The molecule has 1 aliphatic carbocycles. The van der Waals surface area contributed by atoms with Crippen molar-refractivity contribution < 1.29 is 18.4 Å². The average molecular weight is 523 g/mol. The number of fused-ring (bicyclic) bond motifs is 3. The zero-order valence-corrected chi connectivity index (χ0v) is 22.2. The second-order valence-electron chi connectivity index (χ2n) is 11.1. The number of hydrogen-bond donors (Lipinski definition) is 0. The first kappa shape index (κ1) is 25.9. The Kier molecular flexibility index (Phi) is 7.68. The number of esters is 1. The lowest BCUT2D eigenvalue weighted by molar-refractivity contribution is -0.959. The second-order valence-corrected chi connectivity index (χ2v) is 11.1. The standard InChI is InChI=1S/C30H36N3O3.ClH/c34-29(30(17-9-1-2-10-18-30)25-13-7-4-8-14-25)35-26-21-33(19-15-23(26)16-20-33)22-27-31-32-28(36-27)24-11-5-3-6-12-24;/h3-8,11-14,23,26H,1-2,9-10,15-22H2;1H/q+1;/t23?,26-,33?;/m0./s1. The number of ether oxygens (including phenoxy) is 1. The smallest absolute Gasteiger partial charge is 0.317 e. The maximum atomic E-state index is 14.0. The Morgan fingerprint density at radius 1 is 0.919 bits per heavy atom. The van der Waals surface area contributed by atoms with Gasteiger partial charge in [0.25, 0.3) is 5.89 Å². The lowest BCUT2D eigenvalue weighted by Gasteiger charge is -2.51. The molecule has 37 heavy (non-hydrogen) atoms. The van der Waals surface area contributed by atoms with Crippen molar-refractivity contribution in [1.82, 2.24) is 10.2 Å². The summed E-state index contributed by atoms with van der Waals surface area (Å²) in [4.78, 5) is 14.0. The van der Waals surface area contributed by atoms with Gasteiger partial charge in [-0.1, -0.05) is 74.2 Å². The van der Waals surface area contributed by atoms with Crippen LogP contribution in [0.1, 0.15) is 62.8 Å². The molecule has 0 spiro atoms. The van der Waals surface area contributed by atoms with Crippen LogP contribution in [0.3, 0.4) is 0 Å². The minimum absolute atomic E-state index is 0. The van der Waals surface area contributed by atoms with Gasteiger partial charge in [-0.15, -0.1) is 22.6 Å². The van der Waals surface area contributed by atoms with E-state index in [1.807, 2.05) is 36.4 Å². The molecule has 4 heterocycles. The topological polar surface area (TPSA) is 65.2 Å². The minimum Gasteiger partial charge on any atom is -0.455 e. The molecule has 1 atom stereocenters. The van der Waals surface area contributed by atoms with Crippen molar-refractivity contribution in [3.63, 3.8) is 0 Å². The number of quaternary nitrogens is 1. The van der Waals surface area contributed by atoms with E-state index in [4.69, 9.17) is 9.15 Å². The number of aromatic nitrogens is 2. The van der Waals surface area contributed by atoms with Crippen LogP contribution < -0.4 is 0 Å². The van der Waals surface area contributed by atoms with E-state index in [1.165, 1.54) is 12.8 Å². The molecule has 6 nitrogen and oxygen atoms in total. The van der Waals surface area contributed by atoms with E-state index < -0.39 is 5.41 Å². The summed E-state index contributed by atoms with van der Waals surface area (Å²) in [6.07, 6.45) is 8.45. The van der Waals surface area contributed by atoms with Crippen LogP contribution in [0.5, 0.6) is 0 Å². The highest BCUT2D eigenvalue weighted by atomic mass is 35.5. The van der Waals surface area contributed by atoms with Crippen molar-refractivity contribution in [3.8, 4) is 11.5 Å². The molecule has 4 fully saturated rings. The van der Waals surface area contributed by atoms with E-state index >= 15 is 0 Å². The highest BCUT2D eigenvalue weighted by Gasteiger charge is 2.51. The maximum Gasteiger partial charge on any atom is 0.317 e. The summed E-state index contributed by atoms with van der Waals surface area (Å²) in [6, 6.07) is 20.3. The van der Waals surface area contributed by atoms with Crippen LogP contribution in [0.25, 0.3) is 11.5 Å². The Morgan fingerprint density at radius 2 is 1.57 bits per heavy atom. The molecule has 0 radical (unpaired) electrons. The molecule has 7 rings (SSSR count). The van der Waals surface area contributed by atoms with Crippen molar-refractivity contribution in [3.05, 3.63) is 72.1 Å². The SMILES string of the molecule is Cl.O=C(O[C@H]1C[N+]2(Cc3nnc(-c4ccccc4)o3)CCC1CC2)C1(c2ccccc2)CCCCCC1. The van der Waals surface area contributed by atoms with Crippen LogP contribution in [0.4, 0.5) is 0 Å². The van der Waals surface area contributed by atoms with Crippen LogP contribution in [-0.2, 0) is 21.5 Å². The van der Waals surface area contributed by atoms with E-state index in [2.05, 4.69) is 34.5 Å². The number of benzene rings is 2. The average Bonchev–Trinajstić information content (AvgIpc) is 3.23. The first-order valence-corrected chi connectivity index (χ1v) is 13.7. The lowest BCUT2D eigenvalue weighted by atomic mass is 9.74. The fourth-order valence-corrected chi connectivity index (χ4v) is 6.83. The number of halogens is 1. The third-order valence-electron chi connectivity index (χ3n) is 8.93. The van der Waals surface area contributed by atoms with Gasteiger partial charge in [-0.05, 0) is 30.5 Å². The van der Waals surface area contributed by atoms with Crippen molar-refractivity contribution in [2.75, 3.05) is 19.6 Å². The zero-order valence-electron chi connectivity index (χ0n) is 21.4. The van der Waals surface area contributed by atoms with Crippen molar-refractivity contribution in [1.29, 1.82) is 0 Å². The van der Waals surface area contributed by atoms with Gasteiger partial charge in [-0.2, -0.15) is 0 Å². The van der Waals surface area contributed by atoms with E-state index in [0.29, 0.717) is 24.2 Å². The predicted octanol–water partition coefficient (Wildman–Crippen LogP) is 6.10. The molecule has 1 aromatic heterocycles. The molecular formula is C30H37ClN3O3+. The first-order chi connectivity index (χ1) is 17.7. The molecule has 4 aliphatic rings. The fourth-order valence-electron chi connectivity index (χ4n) is 6.83. The summed E-state index contributed by atoms with van der Waals surface area (Å²) in [5.74, 6) is 1.69. The Morgan fingerprint density at radius 3 is 2.24 bits per heavy atom. The molecule has 0 unspecified atom stereocenters. The lowest BCUT2D eigenvalue weighted by Crippen LogP contribution is -2.64. The summed E-state index contributed by atoms with van der Waals surface area (Å²) in [5, 5.41) is 8.68. The zero-order chi connectivity index (χ0) is 24.4. The molecule has 196 valence electrons. The van der Waals surface area contributed by atoms with Crippen LogP contribution in [-0.4, -0.2) is 46.4 Å². The molecule has 3 aliphatic heterocycles. The Bertz CT molecular complexity index is 1170. The van der Waals surface area contributed by atoms with Crippen molar-refractivity contribution in [2.45, 2.75) is 69.4 Å². The van der Waals surface area contributed by atoms with Gasteiger partial charge in [0, 0.05) is 24.3 Å². The minimum atomic E-state index is -0.508. The Labute approximate surface area is 225 Å². The largest absolute Gasteiger partial charge is 0.455 e. The number of nitrogens with zero attached hydrogens (tertiary/aromatic N) is 3. The third-order valence-corrected chi connectivity index (χ3v) is 8.93. The third kappa shape index (κ3) is 5.19. The van der Waals surface area contributed by atoms with Gasteiger partial charge in [0.05, 0.1) is 18.5 Å². The summed E-state index contributed by atoms with van der Waals surface area (Å²) >= 11 is 0. The molecule has 1 saturated carbocycles.